The summed E-state index contributed by atoms with van der Waals surface area (Å²) in [6.07, 6.45) is 2.20. The zero-order valence-electron chi connectivity index (χ0n) is 12.8. The number of hydrogen-bond donors (Lipinski definition) is 0. The van der Waals surface area contributed by atoms with E-state index in [1.165, 1.54) is 6.42 Å². The van der Waals surface area contributed by atoms with Gasteiger partial charge in [-0.1, -0.05) is 64.4 Å². The third-order valence-corrected chi connectivity index (χ3v) is 2.16. The first kappa shape index (κ1) is 19.2. The van der Waals surface area contributed by atoms with E-state index < -0.39 is 0 Å². The molecule has 1 rings (SSSR count). The third kappa shape index (κ3) is 12.9. The van der Waals surface area contributed by atoms with Crippen molar-refractivity contribution in [3.63, 3.8) is 0 Å². The largest absolute Gasteiger partial charge is 0.310 e. The summed E-state index contributed by atoms with van der Waals surface area (Å²) in [6.45, 7) is 9.41. The predicted molar refractivity (Wildman–Crippen MR) is 81.1 cm³/mol. The van der Waals surface area contributed by atoms with Gasteiger partial charge in [0.05, 0.1) is 0 Å². The molecule has 0 unspecified atom stereocenters. The molecular weight excluding hydrogens is 222 g/mol. The van der Waals surface area contributed by atoms with E-state index in [1.54, 1.807) is 0 Å². The zero-order valence-corrected chi connectivity index (χ0v) is 12.8. The van der Waals surface area contributed by atoms with E-state index in [2.05, 4.69) is 39.8 Å². The molecule has 0 spiro atoms. The summed E-state index contributed by atoms with van der Waals surface area (Å²) in [5, 5.41) is 0. The molecule has 0 N–H and O–H groups in total. The summed E-state index contributed by atoms with van der Waals surface area (Å²) in [6, 6.07) is 9.74. The highest BCUT2D eigenvalue weighted by molar-refractivity contribution is 5.61. The van der Waals surface area contributed by atoms with E-state index in [0.717, 1.165) is 18.4 Å². The second kappa shape index (κ2) is 13.9. The van der Waals surface area contributed by atoms with Gasteiger partial charge in [0.25, 0.3) is 0 Å². The van der Waals surface area contributed by atoms with Crippen LogP contribution < -0.4 is 0 Å². The lowest BCUT2D eigenvalue weighted by Gasteiger charge is -2.00. The molecule has 0 saturated carbocycles. The van der Waals surface area contributed by atoms with E-state index in [0.29, 0.717) is 0 Å². The van der Waals surface area contributed by atoms with Gasteiger partial charge in [0, 0.05) is 5.92 Å². The zero-order chi connectivity index (χ0) is 14.4. The van der Waals surface area contributed by atoms with Crippen LogP contribution in [0, 0.1) is 0 Å². The second-order valence-corrected chi connectivity index (χ2v) is 4.44. The first-order valence-electron chi connectivity index (χ1n) is 6.68. The van der Waals surface area contributed by atoms with Gasteiger partial charge in [-0.05, 0) is 26.2 Å². The quantitative estimate of drug-likeness (QED) is 0.758. The molecule has 104 valence electrons. The Balaban J connectivity index is 0. The van der Waals surface area contributed by atoms with Gasteiger partial charge < -0.3 is 9.69 Å². The van der Waals surface area contributed by atoms with Gasteiger partial charge in [0.2, 0.25) is 0 Å². The lowest BCUT2D eigenvalue weighted by atomic mass is 10.0. The molecule has 0 aliphatic rings. The van der Waals surface area contributed by atoms with E-state index in [4.69, 9.17) is 0 Å². The highest BCUT2D eigenvalue weighted by atomic mass is 16.1. The van der Waals surface area contributed by atoms with Crippen molar-refractivity contribution in [3.8, 4) is 0 Å². The van der Waals surface area contributed by atoms with Crippen LogP contribution in [0.2, 0.25) is 0 Å². The number of hydrogen-bond acceptors (Lipinski definition) is 2. The van der Waals surface area contributed by atoms with Gasteiger partial charge in [-0.25, -0.2) is 0 Å². The molecule has 1 aromatic carbocycles. The molecule has 0 fully saturated rings. The Morgan fingerprint density at radius 1 is 1.11 bits per heavy atom. The number of aldehydes is 1. The van der Waals surface area contributed by atoms with Gasteiger partial charge in [-0.3, -0.25) is 0 Å². The van der Waals surface area contributed by atoms with Crippen LogP contribution in [0.15, 0.2) is 30.3 Å². The minimum absolute atomic E-state index is 0.0289. The summed E-state index contributed by atoms with van der Waals surface area (Å²) in [4.78, 5) is 12.4. The highest BCUT2D eigenvalue weighted by Crippen LogP contribution is 2.10. The van der Waals surface area contributed by atoms with Crippen LogP contribution in [0.4, 0.5) is 0 Å². The van der Waals surface area contributed by atoms with Gasteiger partial charge in [0.15, 0.2) is 0 Å². The average Bonchev–Trinajstić information content (AvgIpc) is 2.40. The molecule has 0 aromatic heterocycles. The van der Waals surface area contributed by atoms with E-state index in [1.807, 2.05) is 37.3 Å². The molecular formula is C16H29NO. The van der Waals surface area contributed by atoms with Crippen LogP contribution >= 0.6 is 0 Å². The molecule has 0 heterocycles. The topological polar surface area (TPSA) is 20.3 Å². The minimum Gasteiger partial charge on any atom is -0.310 e. The maximum atomic E-state index is 10.3. The molecule has 1 aromatic rings. The number of rotatable bonds is 3. The standard InChI is InChI=1S/C9H10O.C4H11N.C3H8/c1-8(7-10)9-5-3-2-4-6-9;1-4-5(2)3;1-3-2/h2-8H,1H3;4H2,1-3H3;3H2,1-2H3/t8-;;/m1../s1. The number of carbonyl (C=O) groups excluding carboxylic acids is 1. The van der Waals surface area contributed by atoms with Crippen molar-refractivity contribution in [2.45, 2.75) is 40.0 Å². The molecule has 0 radical (unpaired) electrons. The normalized spacial score (nSPS) is 10.6. The summed E-state index contributed by atoms with van der Waals surface area (Å²) in [5.41, 5.74) is 1.08. The first-order valence-corrected chi connectivity index (χ1v) is 6.68. The Hall–Kier alpha value is -1.15. The molecule has 0 bridgehead atoms. The van der Waals surface area contributed by atoms with Crippen LogP contribution in [-0.4, -0.2) is 31.8 Å². The van der Waals surface area contributed by atoms with Gasteiger partial charge in [0.1, 0.15) is 6.29 Å². The SMILES string of the molecule is CCC.CCN(C)C.C[C@H](C=O)c1ccccc1. The minimum atomic E-state index is 0.0289. The Labute approximate surface area is 113 Å². The summed E-state index contributed by atoms with van der Waals surface area (Å²) in [7, 11) is 4.11. The van der Waals surface area contributed by atoms with E-state index >= 15 is 0 Å². The van der Waals surface area contributed by atoms with Crippen LogP contribution in [0.3, 0.4) is 0 Å². The van der Waals surface area contributed by atoms with Crippen LogP contribution in [-0.2, 0) is 4.79 Å². The predicted octanol–water partition coefficient (Wildman–Crippen LogP) is 3.97. The third-order valence-electron chi connectivity index (χ3n) is 2.16. The van der Waals surface area contributed by atoms with Gasteiger partial charge >= 0.3 is 0 Å². The fraction of sp³-hybridized carbons (Fsp3) is 0.562. The van der Waals surface area contributed by atoms with Crippen molar-refractivity contribution < 1.29 is 4.79 Å². The van der Waals surface area contributed by atoms with Crippen molar-refractivity contribution in [1.29, 1.82) is 0 Å². The second-order valence-electron chi connectivity index (χ2n) is 4.44. The van der Waals surface area contributed by atoms with Crippen molar-refractivity contribution in [2.75, 3.05) is 20.6 Å². The van der Waals surface area contributed by atoms with Crippen LogP contribution in [0.5, 0.6) is 0 Å². The first-order chi connectivity index (χ1) is 8.53. The molecule has 2 nitrogen and oxygen atoms in total. The highest BCUT2D eigenvalue weighted by Gasteiger charge is 1.99. The van der Waals surface area contributed by atoms with Crippen molar-refractivity contribution in [2.24, 2.45) is 0 Å². The molecule has 1 atom stereocenters. The number of nitrogens with zero attached hydrogens (tertiary/aromatic N) is 1. The summed E-state index contributed by atoms with van der Waals surface area (Å²) >= 11 is 0. The molecule has 2 heteroatoms. The Kier molecular flexibility index (Phi) is 14.8. The summed E-state index contributed by atoms with van der Waals surface area (Å²) in [5.74, 6) is 0.0289. The van der Waals surface area contributed by atoms with E-state index in [-0.39, 0.29) is 5.92 Å². The van der Waals surface area contributed by atoms with Crippen molar-refractivity contribution in [3.05, 3.63) is 35.9 Å². The smallest absolute Gasteiger partial charge is 0.127 e. The molecule has 0 aliphatic heterocycles. The van der Waals surface area contributed by atoms with Crippen LogP contribution in [0.1, 0.15) is 45.6 Å². The average molecular weight is 251 g/mol. The number of benzene rings is 1. The molecule has 0 aliphatic carbocycles. The molecule has 0 amide bonds. The fourth-order valence-corrected chi connectivity index (χ4v) is 0.835. The summed E-state index contributed by atoms with van der Waals surface area (Å²) < 4.78 is 0. The number of carbonyl (C=O) groups is 1. The molecule has 18 heavy (non-hydrogen) atoms. The lowest BCUT2D eigenvalue weighted by Crippen LogP contribution is -2.08. The van der Waals surface area contributed by atoms with Gasteiger partial charge in [-0.2, -0.15) is 0 Å². The maximum absolute atomic E-state index is 10.3. The monoisotopic (exact) mass is 251 g/mol. The van der Waals surface area contributed by atoms with Crippen LogP contribution in [0.25, 0.3) is 0 Å². The fourth-order valence-electron chi connectivity index (χ4n) is 0.835. The molecule has 0 saturated heterocycles. The maximum Gasteiger partial charge on any atom is 0.127 e. The lowest BCUT2D eigenvalue weighted by molar-refractivity contribution is -0.108. The van der Waals surface area contributed by atoms with Crippen molar-refractivity contribution in [1.82, 2.24) is 4.90 Å². The Morgan fingerprint density at radius 3 is 1.78 bits per heavy atom. The Morgan fingerprint density at radius 2 is 1.50 bits per heavy atom. The van der Waals surface area contributed by atoms with E-state index in [9.17, 15) is 4.79 Å². The van der Waals surface area contributed by atoms with Crippen molar-refractivity contribution >= 4 is 6.29 Å². The Bertz CT molecular complexity index is 270. The van der Waals surface area contributed by atoms with Gasteiger partial charge in [-0.15, -0.1) is 0 Å².